The van der Waals surface area contributed by atoms with Gasteiger partial charge in [-0.25, -0.2) is 4.98 Å². The molecule has 152 valence electrons. The smallest absolute Gasteiger partial charge is 0.252 e. The van der Waals surface area contributed by atoms with Gasteiger partial charge in [-0.15, -0.1) is 0 Å². The maximum absolute atomic E-state index is 12.6. The summed E-state index contributed by atoms with van der Waals surface area (Å²) in [6, 6.07) is 28.1. The van der Waals surface area contributed by atoms with Gasteiger partial charge in [0.2, 0.25) is 0 Å². The molecule has 0 unspecified atom stereocenters. The molecule has 3 nitrogen and oxygen atoms in total. The predicted octanol–water partition coefficient (Wildman–Crippen LogP) is 6.12. The highest BCUT2D eigenvalue weighted by Crippen LogP contribution is 2.32. The Morgan fingerprint density at radius 3 is 2.07 bits per heavy atom. The molecule has 4 aromatic rings. The highest BCUT2D eigenvalue weighted by atomic mass is 32.2. The van der Waals surface area contributed by atoms with Crippen molar-refractivity contribution >= 4 is 28.6 Å². The average molecular weight is 415 g/mol. The van der Waals surface area contributed by atoms with Gasteiger partial charge in [0.05, 0.1) is 16.8 Å². The number of rotatable bonds is 4. The molecule has 4 heteroatoms. The summed E-state index contributed by atoms with van der Waals surface area (Å²) in [5.74, 6) is 0.676. The maximum Gasteiger partial charge on any atom is 0.252 e. The molecule has 0 radical (unpaired) electrons. The SMILES string of the molecule is CNC(=O)c1c(CSC)c(-c2ccccc2)nc2ccccc12.Cc1ccccc1. The van der Waals surface area contributed by atoms with E-state index in [-0.39, 0.29) is 5.91 Å². The fourth-order valence-electron chi connectivity index (χ4n) is 3.29. The maximum atomic E-state index is 12.6. The lowest BCUT2D eigenvalue weighted by atomic mass is 9.97. The number of pyridine rings is 1. The van der Waals surface area contributed by atoms with Crippen molar-refractivity contribution in [2.24, 2.45) is 0 Å². The van der Waals surface area contributed by atoms with Gasteiger partial charge in [-0.05, 0) is 19.2 Å². The van der Waals surface area contributed by atoms with Crippen molar-refractivity contribution in [3.8, 4) is 11.3 Å². The molecule has 0 bridgehead atoms. The highest BCUT2D eigenvalue weighted by molar-refractivity contribution is 7.97. The van der Waals surface area contributed by atoms with Crippen LogP contribution < -0.4 is 5.32 Å². The lowest BCUT2D eigenvalue weighted by Crippen LogP contribution is -2.21. The van der Waals surface area contributed by atoms with E-state index in [1.807, 2.05) is 79.1 Å². The van der Waals surface area contributed by atoms with E-state index in [4.69, 9.17) is 4.98 Å². The Hall–Kier alpha value is -3.11. The van der Waals surface area contributed by atoms with E-state index in [0.29, 0.717) is 0 Å². The lowest BCUT2D eigenvalue weighted by Gasteiger charge is -2.16. The number of nitrogens with zero attached hydrogens (tertiary/aromatic N) is 1. The van der Waals surface area contributed by atoms with Crippen molar-refractivity contribution in [2.45, 2.75) is 12.7 Å². The van der Waals surface area contributed by atoms with Gasteiger partial charge in [0, 0.05) is 29.3 Å². The Bertz CT molecular complexity index is 1110. The van der Waals surface area contributed by atoms with Crippen LogP contribution in [0.5, 0.6) is 0 Å². The fraction of sp³-hybridized carbons (Fsp3) is 0.154. The molecule has 4 rings (SSSR count). The van der Waals surface area contributed by atoms with E-state index >= 15 is 0 Å². The molecule has 1 heterocycles. The van der Waals surface area contributed by atoms with Crippen LogP contribution in [0.25, 0.3) is 22.2 Å². The summed E-state index contributed by atoms with van der Waals surface area (Å²) >= 11 is 1.69. The van der Waals surface area contributed by atoms with Gasteiger partial charge >= 0.3 is 0 Å². The zero-order chi connectivity index (χ0) is 21.3. The fourth-order valence-corrected chi connectivity index (χ4v) is 3.86. The largest absolute Gasteiger partial charge is 0.355 e. The Labute approximate surface area is 182 Å². The predicted molar refractivity (Wildman–Crippen MR) is 129 cm³/mol. The molecule has 0 fully saturated rings. The molecule has 0 aliphatic rings. The molecule has 1 amide bonds. The zero-order valence-electron chi connectivity index (χ0n) is 17.6. The highest BCUT2D eigenvalue weighted by Gasteiger charge is 2.20. The first-order valence-electron chi connectivity index (χ1n) is 9.85. The van der Waals surface area contributed by atoms with Crippen molar-refractivity contribution in [3.63, 3.8) is 0 Å². The van der Waals surface area contributed by atoms with Crippen LogP contribution in [0, 0.1) is 6.92 Å². The van der Waals surface area contributed by atoms with Gasteiger partial charge in [0.1, 0.15) is 0 Å². The van der Waals surface area contributed by atoms with Crippen LogP contribution in [0.2, 0.25) is 0 Å². The number of fused-ring (bicyclic) bond motifs is 1. The Morgan fingerprint density at radius 2 is 1.50 bits per heavy atom. The first kappa shape index (κ1) is 21.6. The van der Waals surface area contributed by atoms with Gasteiger partial charge in [-0.3, -0.25) is 4.79 Å². The molecule has 0 saturated carbocycles. The number of hydrogen-bond acceptors (Lipinski definition) is 3. The molecule has 0 spiro atoms. The first-order valence-corrected chi connectivity index (χ1v) is 11.2. The first-order chi connectivity index (χ1) is 14.7. The van der Waals surface area contributed by atoms with Crippen LogP contribution in [0.3, 0.4) is 0 Å². The quantitative estimate of drug-likeness (QED) is 0.437. The third-order valence-corrected chi connectivity index (χ3v) is 5.30. The number of amides is 1. The van der Waals surface area contributed by atoms with Crippen LogP contribution in [0.15, 0.2) is 84.9 Å². The van der Waals surface area contributed by atoms with Crippen LogP contribution in [0.1, 0.15) is 21.5 Å². The molecule has 0 aliphatic carbocycles. The molecule has 1 N–H and O–H groups in total. The van der Waals surface area contributed by atoms with Crippen LogP contribution in [0.4, 0.5) is 0 Å². The summed E-state index contributed by atoms with van der Waals surface area (Å²) in [7, 11) is 1.67. The normalized spacial score (nSPS) is 10.2. The zero-order valence-corrected chi connectivity index (χ0v) is 18.4. The van der Waals surface area contributed by atoms with E-state index < -0.39 is 0 Å². The van der Waals surface area contributed by atoms with E-state index in [1.165, 1.54) is 5.56 Å². The molecule has 0 aliphatic heterocycles. The van der Waals surface area contributed by atoms with Crippen LogP contribution in [-0.4, -0.2) is 24.2 Å². The minimum Gasteiger partial charge on any atom is -0.355 e. The lowest BCUT2D eigenvalue weighted by molar-refractivity contribution is 0.0964. The van der Waals surface area contributed by atoms with Gasteiger partial charge in [0.15, 0.2) is 0 Å². The number of nitrogens with one attached hydrogen (secondary N) is 1. The van der Waals surface area contributed by atoms with Crippen molar-refractivity contribution in [2.75, 3.05) is 13.3 Å². The van der Waals surface area contributed by atoms with Crippen LogP contribution >= 0.6 is 11.8 Å². The molecule has 1 aromatic heterocycles. The summed E-state index contributed by atoms with van der Waals surface area (Å²) in [6.45, 7) is 2.08. The molecular weight excluding hydrogens is 388 g/mol. The number of para-hydroxylation sites is 1. The second kappa shape index (κ2) is 10.6. The van der Waals surface area contributed by atoms with E-state index in [9.17, 15) is 4.79 Å². The van der Waals surface area contributed by atoms with Gasteiger partial charge < -0.3 is 5.32 Å². The monoisotopic (exact) mass is 414 g/mol. The Balaban J connectivity index is 0.000000310. The third kappa shape index (κ3) is 5.08. The van der Waals surface area contributed by atoms with Crippen molar-refractivity contribution in [1.82, 2.24) is 10.3 Å². The molecule has 3 aromatic carbocycles. The minimum atomic E-state index is -0.0650. The number of carbonyl (C=O) groups excluding carboxylic acids is 1. The molecular formula is C26H26N2OS. The third-order valence-electron chi connectivity index (χ3n) is 4.72. The van der Waals surface area contributed by atoms with E-state index in [1.54, 1.807) is 18.8 Å². The number of benzene rings is 3. The van der Waals surface area contributed by atoms with E-state index in [0.717, 1.165) is 39.0 Å². The topological polar surface area (TPSA) is 42.0 Å². The van der Waals surface area contributed by atoms with Crippen molar-refractivity contribution < 1.29 is 4.79 Å². The number of aromatic nitrogens is 1. The summed E-state index contributed by atoms with van der Waals surface area (Å²) in [6.07, 6.45) is 2.04. The summed E-state index contributed by atoms with van der Waals surface area (Å²) < 4.78 is 0. The van der Waals surface area contributed by atoms with Crippen molar-refractivity contribution in [3.05, 3.63) is 102 Å². The van der Waals surface area contributed by atoms with Gasteiger partial charge in [-0.2, -0.15) is 11.8 Å². The second-order valence-corrected chi connectivity index (χ2v) is 7.73. The average Bonchev–Trinajstić information content (AvgIpc) is 2.80. The summed E-state index contributed by atoms with van der Waals surface area (Å²) in [5.41, 5.74) is 5.80. The summed E-state index contributed by atoms with van der Waals surface area (Å²) in [4.78, 5) is 17.4. The van der Waals surface area contributed by atoms with Gasteiger partial charge in [0.25, 0.3) is 5.91 Å². The minimum absolute atomic E-state index is 0.0650. The molecule has 0 saturated heterocycles. The number of aryl methyl sites for hydroxylation is 1. The Morgan fingerprint density at radius 1 is 0.900 bits per heavy atom. The number of hydrogen-bond donors (Lipinski definition) is 1. The van der Waals surface area contributed by atoms with Gasteiger partial charge in [-0.1, -0.05) is 84.4 Å². The van der Waals surface area contributed by atoms with Crippen LogP contribution in [-0.2, 0) is 5.75 Å². The molecule has 0 atom stereocenters. The Kier molecular flexibility index (Phi) is 7.63. The van der Waals surface area contributed by atoms with Crippen molar-refractivity contribution in [1.29, 1.82) is 0 Å². The van der Waals surface area contributed by atoms with E-state index in [2.05, 4.69) is 24.4 Å². The number of carbonyl (C=O) groups is 1. The summed E-state index contributed by atoms with van der Waals surface area (Å²) in [5, 5.41) is 3.67. The molecule has 30 heavy (non-hydrogen) atoms. The second-order valence-electron chi connectivity index (χ2n) is 6.86. The standard InChI is InChI=1S/C19H18N2OS.C7H8/c1-20-19(22)17-14-10-6-7-11-16(14)21-18(15(17)12-23-2)13-8-4-3-5-9-13;1-7-5-3-2-4-6-7/h3-11H,12H2,1-2H3,(H,20,22);2-6H,1H3. The number of thioether (sulfide) groups is 1.